The van der Waals surface area contributed by atoms with Crippen molar-refractivity contribution in [1.82, 2.24) is 5.32 Å². The standard InChI is InChI=1S/C14H10BrClFNO/c15-12-3-1-2-11(13(12)17)14(19)18-8-9-4-6-10(16)7-5-9/h1-7H,8H2,(H,18,19). The lowest BCUT2D eigenvalue weighted by Gasteiger charge is -2.07. The van der Waals surface area contributed by atoms with Crippen LogP contribution in [0.1, 0.15) is 15.9 Å². The lowest BCUT2D eigenvalue weighted by Crippen LogP contribution is -2.23. The van der Waals surface area contributed by atoms with Crippen molar-refractivity contribution in [3.05, 3.63) is 68.9 Å². The van der Waals surface area contributed by atoms with Crippen molar-refractivity contribution >= 4 is 33.4 Å². The molecule has 0 spiro atoms. The van der Waals surface area contributed by atoms with Gasteiger partial charge in [0.1, 0.15) is 5.82 Å². The molecule has 0 aliphatic carbocycles. The van der Waals surface area contributed by atoms with Gasteiger partial charge in [0, 0.05) is 11.6 Å². The number of nitrogens with one attached hydrogen (secondary N) is 1. The van der Waals surface area contributed by atoms with Crippen molar-refractivity contribution in [3.8, 4) is 0 Å². The highest BCUT2D eigenvalue weighted by Gasteiger charge is 2.13. The molecule has 0 atom stereocenters. The second kappa shape index (κ2) is 6.17. The average molecular weight is 343 g/mol. The van der Waals surface area contributed by atoms with E-state index < -0.39 is 11.7 Å². The number of halogens is 3. The molecule has 2 aromatic rings. The van der Waals surface area contributed by atoms with Gasteiger partial charge in [-0.05, 0) is 45.8 Å². The van der Waals surface area contributed by atoms with Crippen LogP contribution in [0.15, 0.2) is 46.9 Å². The molecule has 0 bridgehead atoms. The second-order valence-electron chi connectivity index (χ2n) is 3.91. The molecule has 0 radical (unpaired) electrons. The van der Waals surface area contributed by atoms with Crippen molar-refractivity contribution in [1.29, 1.82) is 0 Å². The van der Waals surface area contributed by atoms with Crippen LogP contribution in [-0.2, 0) is 6.54 Å². The molecule has 2 rings (SSSR count). The van der Waals surface area contributed by atoms with Crippen LogP contribution < -0.4 is 5.32 Å². The van der Waals surface area contributed by atoms with Crippen molar-refractivity contribution < 1.29 is 9.18 Å². The summed E-state index contributed by atoms with van der Waals surface area (Å²) in [6, 6.07) is 11.7. The van der Waals surface area contributed by atoms with Crippen LogP contribution in [0.3, 0.4) is 0 Å². The molecule has 1 amide bonds. The van der Waals surface area contributed by atoms with Crippen molar-refractivity contribution in [2.45, 2.75) is 6.54 Å². The van der Waals surface area contributed by atoms with Gasteiger partial charge in [0.15, 0.2) is 0 Å². The van der Waals surface area contributed by atoms with E-state index in [9.17, 15) is 9.18 Å². The lowest BCUT2D eigenvalue weighted by molar-refractivity contribution is 0.0946. The van der Waals surface area contributed by atoms with E-state index in [1.165, 1.54) is 6.07 Å². The molecule has 98 valence electrons. The third kappa shape index (κ3) is 3.55. The van der Waals surface area contributed by atoms with E-state index in [0.717, 1.165) is 5.56 Å². The number of rotatable bonds is 3. The predicted molar refractivity (Wildman–Crippen MR) is 76.7 cm³/mol. The van der Waals surface area contributed by atoms with Crippen LogP contribution >= 0.6 is 27.5 Å². The Labute approximate surface area is 123 Å². The zero-order valence-electron chi connectivity index (χ0n) is 9.79. The maximum Gasteiger partial charge on any atom is 0.254 e. The summed E-state index contributed by atoms with van der Waals surface area (Å²) in [5, 5.41) is 3.29. The Morgan fingerprint density at radius 3 is 2.58 bits per heavy atom. The SMILES string of the molecule is O=C(NCc1ccc(Cl)cc1)c1cccc(Br)c1F. The number of hydrogen-bond acceptors (Lipinski definition) is 1. The molecule has 0 unspecified atom stereocenters. The summed E-state index contributed by atoms with van der Waals surface area (Å²) in [7, 11) is 0. The fraction of sp³-hybridized carbons (Fsp3) is 0.0714. The van der Waals surface area contributed by atoms with E-state index in [1.54, 1.807) is 36.4 Å². The highest BCUT2D eigenvalue weighted by molar-refractivity contribution is 9.10. The van der Waals surface area contributed by atoms with Gasteiger partial charge in [-0.2, -0.15) is 0 Å². The zero-order chi connectivity index (χ0) is 13.8. The van der Waals surface area contributed by atoms with E-state index in [-0.39, 0.29) is 10.0 Å². The van der Waals surface area contributed by atoms with Gasteiger partial charge in [-0.3, -0.25) is 4.79 Å². The summed E-state index contributed by atoms with van der Waals surface area (Å²) in [6.45, 7) is 0.321. The fourth-order valence-electron chi connectivity index (χ4n) is 1.56. The summed E-state index contributed by atoms with van der Waals surface area (Å²) in [5.41, 5.74) is 0.913. The molecule has 1 N–H and O–H groups in total. The largest absolute Gasteiger partial charge is 0.348 e. The van der Waals surface area contributed by atoms with E-state index in [0.29, 0.717) is 11.6 Å². The summed E-state index contributed by atoms with van der Waals surface area (Å²) in [5.74, 6) is -1.01. The smallest absolute Gasteiger partial charge is 0.254 e. The molecule has 0 fully saturated rings. The van der Waals surface area contributed by atoms with E-state index in [1.807, 2.05) is 0 Å². The molecule has 19 heavy (non-hydrogen) atoms. The van der Waals surface area contributed by atoms with Crippen LogP contribution in [0.4, 0.5) is 4.39 Å². The Hall–Kier alpha value is -1.39. The Bertz CT molecular complexity index is 601. The van der Waals surface area contributed by atoms with Gasteiger partial charge >= 0.3 is 0 Å². The monoisotopic (exact) mass is 341 g/mol. The van der Waals surface area contributed by atoms with Gasteiger partial charge < -0.3 is 5.32 Å². The van der Waals surface area contributed by atoms with Gasteiger partial charge in [0.25, 0.3) is 5.91 Å². The van der Waals surface area contributed by atoms with Crippen molar-refractivity contribution in [3.63, 3.8) is 0 Å². The predicted octanol–water partition coefficient (Wildman–Crippen LogP) is 4.17. The molecule has 0 heterocycles. The van der Waals surface area contributed by atoms with E-state index >= 15 is 0 Å². The molecule has 0 aliphatic rings. The maximum atomic E-state index is 13.7. The summed E-state index contributed by atoms with van der Waals surface area (Å²) < 4.78 is 14.0. The van der Waals surface area contributed by atoms with E-state index in [4.69, 9.17) is 11.6 Å². The molecule has 0 saturated heterocycles. The summed E-state index contributed by atoms with van der Waals surface area (Å²) >= 11 is 8.81. The van der Waals surface area contributed by atoms with Gasteiger partial charge in [-0.1, -0.05) is 29.8 Å². The Balaban J connectivity index is 2.05. The molecule has 2 aromatic carbocycles. The zero-order valence-corrected chi connectivity index (χ0v) is 12.1. The first-order chi connectivity index (χ1) is 9.08. The number of amides is 1. The molecule has 0 saturated carbocycles. The molecular weight excluding hydrogens is 333 g/mol. The highest BCUT2D eigenvalue weighted by atomic mass is 79.9. The Kier molecular flexibility index (Phi) is 4.56. The minimum absolute atomic E-state index is 0.0170. The molecule has 0 aromatic heterocycles. The number of hydrogen-bond donors (Lipinski definition) is 1. The molecule has 5 heteroatoms. The van der Waals surface area contributed by atoms with Gasteiger partial charge in [-0.25, -0.2) is 4.39 Å². The van der Waals surface area contributed by atoms with Crippen LogP contribution in [0.5, 0.6) is 0 Å². The third-order valence-corrected chi connectivity index (χ3v) is 3.43. The fourth-order valence-corrected chi connectivity index (χ4v) is 2.05. The minimum atomic E-state index is -0.559. The first kappa shape index (κ1) is 14.0. The lowest BCUT2D eigenvalue weighted by atomic mass is 10.2. The van der Waals surface area contributed by atoms with Crippen LogP contribution in [0.2, 0.25) is 5.02 Å². The first-order valence-electron chi connectivity index (χ1n) is 5.54. The third-order valence-electron chi connectivity index (χ3n) is 2.56. The Morgan fingerprint density at radius 1 is 1.21 bits per heavy atom. The number of benzene rings is 2. The van der Waals surface area contributed by atoms with Crippen LogP contribution in [0, 0.1) is 5.82 Å². The van der Waals surface area contributed by atoms with Crippen LogP contribution in [-0.4, -0.2) is 5.91 Å². The first-order valence-corrected chi connectivity index (χ1v) is 6.71. The average Bonchev–Trinajstić information content (AvgIpc) is 2.41. The maximum absolute atomic E-state index is 13.7. The number of carbonyl (C=O) groups is 1. The second-order valence-corrected chi connectivity index (χ2v) is 5.20. The molecular formula is C14H10BrClFNO. The molecule has 2 nitrogen and oxygen atoms in total. The summed E-state index contributed by atoms with van der Waals surface area (Å²) in [4.78, 5) is 11.9. The number of carbonyl (C=O) groups excluding carboxylic acids is 1. The van der Waals surface area contributed by atoms with Crippen molar-refractivity contribution in [2.24, 2.45) is 0 Å². The normalized spacial score (nSPS) is 10.3. The Morgan fingerprint density at radius 2 is 1.89 bits per heavy atom. The summed E-state index contributed by atoms with van der Waals surface area (Å²) in [6.07, 6.45) is 0. The quantitative estimate of drug-likeness (QED) is 0.891. The van der Waals surface area contributed by atoms with Gasteiger partial charge in [-0.15, -0.1) is 0 Å². The molecule has 0 aliphatic heterocycles. The van der Waals surface area contributed by atoms with Gasteiger partial charge in [0.05, 0.1) is 10.0 Å². The minimum Gasteiger partial charge on any atom is -0.348 e. The van der Waals surface area contributed by atoms with E-state index in [2.05, 4.69) is 21.2 Å². The van der Waals surface area contributed by atoms with Gasteiger partial charge in [0.2, 0.25) is 0 Å². The van der Waals surface area contributed by atoms with Crippen molar-refractivity contribution in [2.75, 3.05) is 0 Å². The highest BCUT2D eigenvalue weighted by Crippen LogP contribution is 2.18. The van der Waals surface area contributed by atoms with Crippen LogP contribution in [0.25, 0.3) is 0 Å². The topological polar surface area (TPSA) is 29.1 Å².